The second-order valence-electron chi connectivity index (χ2n) is 2.70. The van der Waals surface area contributed by atoms with E-state index >= 15 is 0 Å². The Bertz CT molecular complexity index is 273. The number of hydrogen-bond donors (Lipinski definition) is 0. The number of aromatic nitrogens is 1. The maximum atomic E-state index is 4.14. The van der Waals surface area contributed by atoms with Gasteiger partial charge in [-0.15, -0.1) is 0 Å². The zero-order valence-electron chi connectivity index (χ0n) is 7.92. The zero-order chi connectivity index (χ0) is 8.97. The lowest BCUT2D eigenvalue weighted by Gasteiger charge is -2.06. The van der Waals surface area contributed by atoms with Crippen LogP contribution in [-0.2, 0) is 6.42 Å². The van der Waals surface area contributed by atoms with E-state index in [0.717, 1.165) is 0 Å². The second-order valence-corrected chi connectivity index (χ2v) is 3.58. The standard InChI is InChI=1S/C8H9NS.C2H6/c1-6-2-3-8-7(4-6)5-9-10-8;1-2/h4-5H,2-3H2,1H3;1-2H3. The van der Waals surface area contributed by atoms with E-state index in [-0.39, 0.29) is 0 Å². The van der Waals surface area contributed by atoms with E-state index in [2.05, 4.69) is 17.4 Å². The van der Waals surface area contributed by atoms with Crippen molar-refractivity contribution in [2.45, 2.75) is 33.6 Å². The molecule has 0 atom stereocenters. The van der Waals surface area contributed by atoms with E-state index < -0.39 is 0 Å². The van der Waals surface area contributed by atoms with Gasteiger partial charge in [0.05, 0.1) is 0 Å². The third-order valence-corrected chi connectivity index (χ3v) is 2.70. The highest BCUT2D eigenvalue weighted by Crippen LogP contribution is 2.25. The molecule has 1 aromatic rings. The number of aryl methyl sites for hydroxylation is 1. The van der Waals surface area contributed by atoms with E-state index in [1.165, 1.54) is 28.9 Å². The summed E-state index contributed by atoms with van der Waals surface area (Å²) in [6.07, 6.45) is 6.61. The van der Waals surface area contributed by atoms with Crippen molar-refractivity contribution in [1.82, 2.24) is 4.37 Å². The Hall–Kier alpha value is -0.630. The van der Waals surface area contributed by atoms with E-state index in [9.17, 15) is 0 Å². The molecule has 0 aliphatic heterocycles. The molecule has 66 valence electrons. The first-order valence-electron chi connectivity index (χ1n) is 4.47. The van der Waals surface area contributed by atoms with Gasteiger partial charge >= 0.3 is 0 Å². The number of nitrogens with zero attached hydrogens (tertiary/aromatic N) is 1. The van der Waals surface area contributed by atoms with Gasteiger partial charge in [-0.2, -0.15) is 0 Å². The molecule has 2 heteroatoms. The molecule has 0 spiro atoms. The lowest BCUT2D eigenvalue weighted by Crippen LogP contribution is -1.91. The molecule has 0 aromatic carbocycles. The van der Waals surface area contributed by atoms with Crippen LogP contribution in [0.2, 0.25) is 0 Å². The first-order valence-corrected chi connectivity index (χ1v) is 5.24. The molecular formula is C10H15NS. The Labute approximate surface area is 78.3 Å². The molecule has 0 saturated carbocycles. The van der Waals surface area contributed by atoms with Crippen molar-refractivity contribution in [1.29, 1.82) is 0 Å². The minimum absolute atomic E-state index is 1.20. The van der Waals surface area contributed by atoms with Crippen molar-refractivity contribution in [3.63, 3.8) is 0 Å². The molecule has 0 bridgehead atoms. The van der Waals surface area contributed by atoms with Crippen molar-refractivity contribution in [2.75, 3.05) is 0 Å². The Kier molecular flexibility index (Phi) is 3.48. The van der Waals surface area contributed by atoms with Crippen LogP contribution in [0.25, 0.3) is 6.08 Å². The molecule has 0 fully saturated rings. The van der Waals surface area contributed by atoms with Crippen LogP contribution >= 0.6 is 11.5 Å². The Balaban J connectivity index is 0.000000336. The summed E-state index contributed by atoms with van der Waals surface area (Å²) < 4.78 is 4.14. The van der Waals surface area contributed by atoms with Crippen LogP contribution in [0.15, 0.2) is 11.8 Å². The first kappa shape index (κ1) is 9.46. The minimum atomic E-state index is 1.20. The van der Waals surface area contributed by atoms with Gasteiger partial charge in [-0.3, -0.25) is 0 Å². The smallest absolute Gasteiger partial charge is 0.0482 e. The fourth-order valence-corrected chi connectivity index (χ4v) is 1.93. The quantitative estimate of drug-likeness (QED) is 0.596. The van der Waals surface area contributed by atoms with Gasteiger partial charge in [0.15, 0.2) is 0 Å². The molecule has 1 nitrogen and oxygen atoms in total. The van der Waals surface area contributed by atoms with Crippen LogP contribution in [-0.4, -0.2) is 4.37 Å². The summed E-state index contributed by atoms with van der Waals surface area (Å²) in [5.41, 5.74) is 2.82. The van der Waals surface area contributed by atoms with Crippen LogP contribution in [0, 0.1) is 0 Å². The summed E-state index contributed by atoms with van der Waals surface area (Å²) in [5.74, 6) is 0. The molecule has 0 unspecified atom stereocenters. The fraction of sp³-hybridized carbons (Fsp3) is 0.500. The highest BCUT2D eigenvalue weighted by Gasteiger charge is 2.08. The van der Waals surface area contributed by atoms with Crippen LogP contribution in [0.4, 0.5) is 0 Å². The van der Waals surface area contributed by atoms with Gasteiger partial charge in [0.2, 0.25) is 0 Å². The van der Waals surface area contributed by atoms with Crippen LogP contribution in [0.3, 0.4) is 0 Å². The molecule has 1 aromatic heterocycles. The summed E-state index contributed by atoms with van der Waals surface area (Å²) in [4.78, 5) is 1.45. The Morgan fingerprint density at radius 2 is 2.08 bits per heavy atom. The first-order chi connectivity index (χ1) is 5.86. The van der Waals surface area contributed by atoms with Gasteiger partial charge in [-0.1, -0.05) is 25.5 Å². The third-order valence-electron chi connectivity index (χ3n) is 1.82. The topological polar surface area (TPSA) is 12.9 Å². The average Bonchev–Trinajstić information content (AvgIpc) is 2.54. The molecule has 12 heavy (non-hydrogen) atoms. The number of allylic oxidation sites excluding steroid dienone is 1. The van der Waals surface area contributed by atoms with Gasteiger partial charge < -0.3 is 0 Å². The van der Waals surface area contributed by atoms with Crippen LogP contribution < -0.4 is 0 Å². The summed E-state index contributed by atoms with van der Waals surface area (Å²) in [6, 6.07) is 0. The van der Waals surface area contributed by atoms with Crippen molar-refractivity contribution < 1.29 is 0 Å². The Morgan fingerprint density at radius 1 is 1.33 bits per heavy atom. The molecule has 2 rings (SSSR count). The SMILES string of the molecule is CC.CC1=Cc2cnsc2CC1. The van der Waals surface area contributed by atoms with Crippen LogP contribution in [0.5, 0.6) is 0 Å². The molecule has 0 amide bonds. The number of hydrogen-bond acceptors (Lipinski definition) is 2. The summed E-state index contributed by atoms with van der Waals surface area (Å²) >= 11 is 1.63. The molecule has 1 heterocycles. The number of fused-ring (bicyclic) bond motifs is 1. The van der Waals surface area contributed by atoms with Gasteiger partial charge in [-0.05, 0) is 31.3 Å². The molecule has 1 aliphatic rings. The van der Waals surface area contributed by atoms with E-state index in [0.29, 0.717) is 0 Å². The highest BCUT2D eigenvalue weighted by atomic mass is 32.1. The molecule has 1 aliphatic carbocycles. The zero-order valence-corrected chi connectivity index (χ0v) is 8.74. The highest BCUT2D eigenvalue weighted by molar-refractivity contribution is 7.06. The van der Waals surface area contributed by atoms with E-state index in [4.69, 9.17) is 0 Å². The van der Waals surface area contributed by atoms with Gasteiger partial charge in [-0.25, -0.2) is 4.37 Å². The lowest BCUT2D eigenvalue weighted by molar-refractivity contribution is 0.948. The normalized spacial score (nSPS) is 14.1. The minimum Gasteiger partial charge on any atom is -0.200 e. The Morgan fingerprint density at radius 3 is 2.83 bits per heavy atom. The molecule has 0 N–H and O–H groups in total. The largest absolute Gasteiger partial charge is 0.200 e. The maximum absolute atomic E-state index is 4.14. The summed E-state index contributed by atoms with van der Waals surface area (Å²) in [7, 11) is 0. The fourth-order valence-electron chi connectivity index (χ4n) is 1.23. The maximum Gasteiger partial charge on any atom is 0.0482 e. The van der Waals surface area contributed by atoms with Crippen molar-refractivity contribution in [3.8, 4) is 0 Å². The van der Waals surface area contributed by atoms with Crippen molar-refractivity contribution in [2.24, 2.45) is 0 Å². The van der Waals surface area contributed by atoms with Crippen LogP contribution in [0.1, 0.15) is 37.6 Å². The predicted octanol–water partition coefficient (Wildman–Crippen LogP) is 3.52. The van der Waals surface area contributed by atoms with E-state index in [1.807, 2.05) is 20.0 Å². The summed E-state index contributed by atoms with van der Waals surface area (Å²) in [5, 5.41) is 0. The van der Waals surface area contributed by atoms with Crippen molar-refractivity contribution in [3.05, 3.63) is 22.2 Å². The molecule has 0 radical (unpaired) electrons. The lowest BCUT2D eigenvalue weighted by atomic mass is 10.0. The van der Waals surface area contributed by atoms with Gasteiger partial charge in [0.1, 0.15) is 0 Å². The predicted molar refractivity (Wildman–Crippen MR) is 55.4 cm³/mol. The molecular weight excluding hydrogens is 166 g/mol. The third kappa shape index (κ3) is 1.95. The average molecular weight is 181 g/mol. The second kappa shape index (κ2) is 4.41. The van der Waals surface area contributed by atoms with Gasteiger partial charge in [0.25, 0.3) is 0 Å². The molecule has 0 saturated heterocycles. The van der Waals surface area contributed by atoms with Gasteiger partial charge in [0, 0.05) is 16.6 Å². The monoisotopic (exact) mass is 181 g/mol. The van der Waals surface area contributed by atoms with E-state index in [1.54, 1.807) is 11.5 Å². The number of rotatable bonds is 0. The van der Waals surface area contributed by atoms with Crippen molar-refractivity contribution >= 4 is 17.6 Å². The summed E-state index contributed by atoms with van der Waals surface area (Å²) in [6.45, 7) is 6.18.